The highest BCUT2D eigenvalue weighted by atomic mass is 32.2. The van der Waals surface area contributed by atoms with Crippen molar-refractivity contribution < 1.29 is 18.4 Å². The fourth-order valence-corrected chi connectivity index (χ4v) is 5.96. The molecule has 2 unspecified atom stereocenters. The van der Waals surface area contributed by atoms with E-state index in [2.05, 4.69) is 10.1 Å². The summed E-state index contributed by atoms with van der Waals surface area (Å²) in [5, 5.41) is 15.0. The maximum Gasteiger partial charge on any atom is 0.137 e. The van der Waals surface area contributed by atoms with Crippen LogP contribution in [0.15, 0.2) is 30.9 Å². The summed E-state index contributed by atoms with van der Waals surface area (Å²) < 4.78 is 40.3. The van der Waals surface area contributed by atoms with E-state index in [-0.39, 0.29) is 17.4 Å². The molecule has 3 rings (SSSR count). The zero-order valence-electron chi connectivity index (χ0n) is 12.9. The molecule has 1 aromatic carbocycles. The lowest BCUT2D eigenvalue weighted by Crippen LogP contribution is -2.46. The van der Waals surface area contributed by atoms with Crippen molar-refractivity contribution >= 4 is 22.9 Å². The predicted molar refractivity (Wildman–Crippen MR) is 89.0 cm³/mol. The molecule has 0 amide bonds. The Hall–Kier alpha value is -1.16. The molecule has 0 bridgehead atoms. The summed E-state index contributed by atoms with van der Waals surface area (Å²) in [5.41, 5.74) is -1.59. The highest BCUT2D eigenvalue weighted by Gasteiger charge is 2.43. The minimum absolute atomic E-state index is 0.0137. The number of hydrogen-bond acceptors (Lipinski definition) is 5. The zero-order chi connectivity index (χ0) is 17.3. The number of aromatic nitrogens is 3. The molecule has 0 aliphatic carbocycles. The first-order valence-electron chi connectivity index (χ1n) is 7.39. The van der Waals surface area contributed by atoms with Gasteiger partial charge in [0.05, 0.1) is 11.8 Å². The van der Waals surface area contributed by atoms with E-state index in [1.165, 1.54) is 35.2 Å². The quantitative estimate of drug-likeness (QED) is 0.780. The Morgan fingerprint density at radius 1 is 1.50 bits per heavy atom. The monoisotopic (exact) mass is 373 g/mol. The molecular weight excluding hydrogens is 356 g/mol. The van der Waals surface area contributed by atoms with Gasteiger partial charge in [-0.15, -0.1) is 11.8 Å². The first-order valence-corrected chi connectivity index (χ1v) is 9.82. The van der Waals surface area contributed by atoms with E-state index in [1.54, 1.807) is 6.92 Å². The number of hydrogen-bond donors (Lipinski definition) is 1. The van der Waals surface area contributed by atoms with Crippen molar-refractivity contribution in [2.75, 3.05) is 11.5 Å². The molecule has 5 nitrogen and oxygen atoms in total. The average Bonchev–Trinajstić information content (AvgIpc) is 2.98. The van der Waals surface area contributed by atoms with Crippen LogP contribution in [0, 0.1) is 11.6 Å². The number of halogens is 2. The van der Waals surface area contributed by atoms with Gasteiger partial charge in [-0.2, -0.15) is 5.10 Å². The van der Waals surface area contributed by atoms with E-state index >= 15 is 0 Å². The zero-order valence-corrected chi connectivity index (χ0v) is 14.6. The molecule has 9 heteroatoms. The van der Waals surface area contributed by atoms with Crippen LogP contribution in [-0.4, -0.2) is 46.4 Å². The van der Waals surface area contributed by atoms with Gasteiger partial charge in [-0.3, -0.25) is 0 Å². The van der Waals surface area contributed by atoms with E-state index in [9.17, 15) is 18.4 Å². The Morgan fingerprint density at radius 2 is 2.25 bits per heavy atom. The SMILES string of the molecule is CC(SC1C[S+]([O-])C1)C(O)(Cn1cncn1)c1ccc(F)cc1F. The number of rotatable bonds is 6. The standard InChI is InChI=1S/C15H17F2N3O2S2/c1-10(23-12-5-24(22)6-12)15(21,7-20-9-18-8-19-20)13-3-2-11(16)4-14(13)17/h2-4,8-10,12,21H,5-7H2,1H3. The predicted octanol–water partition coefficient (Wildman–Crippen LogP) is 1.70. The molecule has 0 saturated carbocycles. The van der Waals surface area contributed by atoms with Gasteiger partial charge in [0.2, 0.25) is 0 Å². The lowest BCUT2D eigenvalue weighted by atomic mass is 9.90. The van der Waals surface area contributed by atoms with Crippen molar-refractivity contribution in [1.82, 2.24) is 14.8 Å². The molecule has 0 spiro atoms. The summed E-state index contributed by atoms with van der Waals surface area (Å²) in [7, 11) is 0. The fourth-order valence-electron chi connectivity index (χ4n) is 2.68. The number of nitrogens with zero attached hydrogens (tertiary/aromatic N) is 3. The third-order valence-electron chi connectivity index (χ3n) is 4.08. The van der Waals surface area contributed by atoms with Crippen LogP contribution in [0.1, 0.15) is 12.5 Å². The molecule has 1 aromatic heterocycles. The van der Waals surface area contributed by atoms with E-state index in [1.807, 2.05) is 0 Å². The van der Waals surface area contributed by atoms with Gasteiger partial charge in [0, 0.05) is 16.9 Å². The summed E-state index contributed by atoms with van der Waals surface area (Å²) in [6, 6.07) is 3.15. The molecule has 2 aromatic rings. The van der Waals surface area contributed by atoms with Gasteiger partial charge in [0.1, 0.15) is 41.4 Å². The average molecular weight is 373 g/mol. The van der Waals surface area contributed by atoms with Crippen LogP contribution in [0.4, 0.5) is 8.78 Å². The van der Waals surface area contributed by atoms with Crippen LogP contribution >= 0.6 is 11.8 Å². The van der Waals surface area contributed by atoms with Crippen molar-refractivity contribution in [3.8, 4) is 0 Å². The summed E-state index contributed by atoms with van der Waals surface area (Å²) in [4.78, 5) is 3.83. The van der Waals surface area contributed by atoms with E-state index in [0.717, 1.165) is 12.1 Å². The maximum absolute atomic E-state index is 14.3. The maximum atomic E-state index is 14.3. The molecule has 2 atom stereocenters. The van der Waals surface area contributed by atoms with Crippen LogP contribution in [0.5, 0.6) is 0 Å². The van der Waals surface area contributed by atoms with Gasteiger partial charge < -0.3 is 9.66 Å². The second-order valence-corrected chi connectivity index (χ2v) is 9.01. The smallest absolute Gasteiger partial charge is 0.137 e. The molecule has 1 aliphatic rings. The normalized spacial score (nSPS) is 24.2. The molecule has 0 radical (unpaired) electrons. The van der Waals surface area contributed by atoms with E-state index in [0.29, 0.717) is 11.5 Å². The Bertz CT molecular complexity index is 698. The second-order valence-electron chi connectivity index (χ2n) is 5.81. The van der Waals surface area contributed by atoms with Crippen molar-refractivity contribution in [2.45, 2.75) is 29.6 Å². The van der Waals surface area contributed by atoms with E-state index < -0.39 is 33.7 Å². The van der Waals surface area contributed by atoms with Crippen LogP contribution in [0.25, 0.3) is 0 Å². The summed E-state index contributed by atoms with van der Waals surface area (Å²) >= 11 is 0.659. The topological polar surface area (TPSA) is 74.0 Å². The number of benzene rings is 1. The minimum Gasteiger partial charge on any atom is -0.616 e. The third-order valence-corrected chi connectivity index (χ3v) is 7.57. The molecule has 130 valence electrons. The van der Waals surface area contributed by atoms with E-state index in [4.69, 9.17) is 0 Å². The van der Waals surface area contributed by atoms with Crippen molar-refractivity contribution in [3.05, 3.63) is 48.1 Å². The Morgan fingerprint density at radius 3 is 2.83 bits per heavy atom. The molecule has 2 heterocycles. The first kappa shape index (κ1) is 17.7. The van der Waals surface area contributed by atoms with Gasteiger partial charge in [-0.05, 0) is 6.07 Å². The van der Waals surface area contributed by atoms with Gasteiger partial charge in [0.25, 0.3) is 0 Å². The molecule has 1 fully saturated rings. The van der Waals surface area contributed by atoms with Crippen molar-refractivity contribution in [3.63, 3.8) is 0 Å². The van der Waals surface area contributed by atoms with Gasteiger partial charge in [-0.1, -0.05) is 24.2 Å². The van der Waals surface area contributed by atoms with Gasteiger partial charge >= 0.3 is 0 Å². The van der Waals surface area contributed by atoms with Crippen molar-refractivity contribution in [2.24, 2.45) is 0 Å². The minimum atomic E-state index is -1.60. The molecule has 1 saturated heterocycles. The Balaban J connectivity index is 1.90. The first-order chi connectivity index (χ1) is 11.4. The second kappa shape index (κ2) is 6.99. The van der Waals surface area contributed by atoms with Crippen LogP contribution in [0.2, 0.25) is 0 Å². The van der Waals surface area contributed by atoms with Crippen molar-refractivity contribution in [1.29, 1.82) is 0 Å². The Kier molecular flexibility index (Phi) is 5.14. The fraction of sp³-hybridized carbons (Fsp3) is 0.467. The lowest BCUT2D eigenvalue weighted by Gasteiger charge is -2.38. The molecule has 1 aliphatic heterocycles. The largest absolute Gasteiger partial charge is 0.616 e. The highest BCUT2D eigenvalue weighted by molar-refractivity contribution is 8.04. The lowest BCUT2D eigenvalue weighted by molar-refractivity contribution is 0.0132. The van der Waals surface area contributed by atoms with Gasteiger partial charge in [0.15, 0.2) is 0 Å². The van der Waals surface area contributed by atoms with Gasteiger partial charge in [-0.25, -0.2) is 18.4 Å². The van der Waals surface area contributed by atoms with Crippen LogP contribution < -0.4 is 0 Å². The third kappa shape index (κ3) is 3.58. The van der Waals surface area contributed by atoms with Crippen LogP contribution in [-0.2, 0) is 23.3 Å². The molecular formula is C15H17F2N3O2S2. The summed E-state index contributed by atoms with van der Waals surface area (Å²) in [6.07, 6.45) is 2.76. The molecule has 1 N–H and O–H groups in total. The Labute approximate surface area is 145 Å². The highest BCUT2D eigenvalue weighted by Crippen LogP contribution is 2.40. The number of aliphatic hydroxyl groups is 1. The van der Waals surface area contributed by atoms with Crippen LogP contribution in [0.3, 0.4) is 0 Å². The summed E-state index contributed by atoms with van der Waals surface area (Å²) in [6.45, 7) is 1.77. The summed E-state index contributed by atoms with van der Waals surface area (Å²) in [5.74, 6) is -0.364. The molecule has 24 heavy (non-hydrogen) atoms. The number of thioether (sulfide) groups is 1.